The zero-order valence-electron chi connectivity index (χ0n) is 13.9. The molecule has 1 saturated heterocycles. The van der Waals surface area contributed by atoms with Gasteiger partial charge in [-0.3, -0.25) is 4.79 Å². The van der Waals surface area contributed by atoms with Gasteiger partial charge in [0.15, 0.2) is 0 Å². The summed E-state index contributed by atoms with van der Waals surface area (Å²) in [4.78, 5) is 28.6. The van der Waals surface area contributed by atoms with Gasteiger partial charge in [0.1, 0.15) is 5.75 Å². The monoisotopic (exact) mass is 317 g/mol. The Morgan fingerprint density at radius 2 is 2.22 bits per heavy atom. The molecule has 1 aromatic carbocycles. The summed E-state index contributed by atoms with van der Waals surface area (Å²) in [6.07, 6.45) is 1.54. The van der Waals surface area contributed by atoms with E-state index in [2.05, 4.69) is 5.32 Å². The van der Waals surface area contributed by atoms with E-state index in [1.165, 1.54) is 0 Å². The van der Waals surface area contributed by atoms with Crippen molar-refractivity contribution in [3.63, 3.8) is 0 Å². The predicted molar refractivity (Wildman–Crippen MR) is 88.0 cm³/mol. The molecule has 124 valence electrons. The Morgan fingerprint density at radius 1 is 1.43 bits per heavy atom. The van der Waals surface area contributed by atoms with Crippen LogP contribution in [0.4, 0.5) is 10.5 Å². The van der Waals surface area contributed by atoms with Crippen LogP contribution in [0.25, 0.3) is 0 Å². The summed E-state index contributed by atoms with van der Waals surface area (Å²) in [6.45, 7) is 3.68. The number of urea groups is 1. The molecule has 2 heterocycles. The molecular weight excluding hydrogens is 294 g/mol. The number of fused-ring (bicyclic) bond motifs is 2. The number of hydrogen-bond donors (Lipinski definition) is 1. The number of anilines is 1. The lowest BCUT2D eigenvalue weighted by atomic mass is 9.81. The summed E-state index contributed by atoms with van der Waals surface area (Å²) >= 11 is 0. The van der Waals surface area contributed by atoms with E-state index in [1.807, 2.05) is 25.1 Å². The maximum absolute atomic E-state index is 12.9. The molecular formula is C17H23N3O3. The van der Waals surface area contributed by atoms with E-state index in [0.29, 0.717) is 26.1 Å². The minimum Gasteiger partial charge on any atom is -0.497 e. The smallest absolute Gasteiger partial charge is 0.317 e. The number of nitrogens with zero attached hydrogens (tertiary/aromatic N) is 2. The number of likely N-dealkylation sites (N-methyl/N-ethyl adjacent to an activating group) is 1. The van der Waals surface area contributed by atoms with Crippen molar-refractivity contribution in [2.24, 2.45) is 0 Å². The third kappa shape index (κ3) is 2.33. The van der Waals surface area contributed by atoms with Crippen molar-refractivity contribution >= 4 is 17.6 Å². The maximum atomic E-state index is 12.9. The van der Waals surface area contributed by atoms with E-state index in [0.717, 1.165) is 23.4 Å². The normalized spacial score (nSPS) is 22.7. The highest BCUT2D eigenvalue weighted by Crippen LogP contribution is 2.47. The van der Waals surface area contributed by atoms with Gasteiger partial charge in [-0.25, -0.2) is 4.79 Å². The number of methoxy groups -OCH3 is 1. The highest BCUT2D eigenvalue weighted by molar-refractivity contribution is 6.08. The van der Waals surface area contributed by atoms with Crippen molar-refractivity contribution in [1.82, 2.24) is 10.2 Å². The molecule has 0 aliphatic carbocycles. The molecule has 1 atom stereocenters. The second-order valence-electron chi connectivity index (χ2n) is 6.23. The summed E-state index contributed by atoms with van der Waals surface area (Å²) in [7, 11) is 3.41. The molecule has 0 bridgehead atoms. The summed E-state index contributed by atoms with van der Waals surface area (Å²) < 4.78 is 5.32. The minimum atomic E-state index is -0.637. The van der Waals surface area contributed by atoms with Gasteiger partial charge >= 0.3 is 6.03 Å². The Bertz CT molecular complexity index is 646. The average molecular weight is 317 g/mol. The van der Waals surface area contributed by atoms with Crippen molar-refractivity contribution < 1.29 is 14.3 Å². The van der Waals surface area contributed by atoms with Gasteiger partial charge in [-0.2, -0.15) is 0 Å². The van der Waals surface area contributed by atoms with Crippen molar-refractivity contribution in [2.75, 3.05) is 38.7 Å². The number of hydrogen-bond acceptors (Lipinski definition) is 3. The number of ether oxygens (including phenoxy) is 1. The average Bonchev–Trinajstić information content (AvgIpc) is 3.11. The van der Waals surface area contributed by atoms with Crippen LogP contribution in [0.2, 0.25) is 0 Å². The van der Waals surface area contributed by atoms with Crippen LogP contribution in [0.5, 0.6) is 5.75 Å². The highest BCUT2D eigenvalue weighted by atomic mass is 16.5. The standard InChI is InChI=1S/C17H23N3O3/c1-4-8-18-16(22)20-9-7-17(11-20)13-10-12(23-3)5-6-14(13)19(2)15(17)21/h5-6,10H,4,7-9,11H2,1-3H3,(H,18,22). The largest absolute Gasteiger partial charge is 0.497 e. The lowest BCUT2D eigenvalue weighted by Gasteiger charge is -2.23. The quantitative estimate of drug-likeness (QED) is 0.923. The maximum Gasteiger partial charge on any atom is 0.317 e. The van der Waals surface area contributed by atoms with Gasteiger partial charge in [-0.1, -0.05) is 6.92 Å². The summed E-state index contributed by atoms with van der Waals surface area (Å²) in [6, 6.07) is 5.63. The van der Waals surface area contributed by atoms with E-state index in [-0.39, 0.29) is 11.9 Å². The topological polar surface area (TPSA) is 61.9 Å². The Labute approximate surface area is 136 Å². The minimum absolute atomic E-state index is 0.0616. The fourth-order valence-electron chi connectivity index (χ4n) is 3.58. The number of rotatable bonds is 3. The molecule has 3 amide bonds. The molecule has 0 radical (unpaired) electrons. The molecule has 0 aromatic heterocycles. The third-order valence-corrected chi connectivity index (χ3v) is 4.88. The van der Waals surface area contributed by atoms with Gasteiger partial charge in [0.25, 0.3) is 0 Å². The fraction of sp³-hybridized carbons (Fsp3) is 0.529. The number of carbonyl (C=O) groups excluding carboxylic acids is 2. The Balaban J connectivity index is 1.91. The van der Waals surface area contributed by atoms with Gasteiger partial charge in [0, 0.05) is 32.4 Å². The van der Waals surface area contributed by atoms with Gasteiger partial charge < -0.3 is 19.9 Å². The third-order valence-electron chi connectivity index (χ3n) is 4.88. The molecule has 6 nitrogen and oxygen atoms in total. The Morgan fingerprint density at radius 3 is 2.91 bits per heavy atom. The number of likely N-dealkylation sites (tertiary alicyclic amines) is 1. The fourth-order valence-corrected chi connectivity index (χ4v) is 3.58. The predicted octanol–water partition coefficient (Wildman–Crippen LogP) is 1.73. The van der Waals surface area contributed by atoms with Crippen LogP contribution >= 0.6 is 0 Å². The summed E-state index contributed by atoms with van der Waals surface area (Å²) in [5, 5.41) is 2.89. The molecule has 1 aromatic rings. The second kappa shape index (κ2) is 5.76. The first-order valence-electron chi connectivity index (χ1n) is 8.03. The van der Waals surface area contributed by atoms with Crippen molar-refractivity contribution in [1.29, 1.82) is 0 Å². The van der Waals surface area contributed by atoms with Crippen LogP contribution in [0, 0.1) is 0 Å². The first-order chi connectivity index (χ1) is 11.0. The van der Waals surface area contributed by atoms with Gasteiger partial charge in [0.2, 0.25) is 5.91 Å². The van der Waals surface area contributed by atoms with Crippen LogP contribution in [0.1, 0.15) is 25.3 Å². The van der Waals surface area contributed by atoms with E-state index in [4.69, 9.17) is 4.74 Å². The van der Waals surface area contributed by atoms with Crippen molar-refractivity contribution in [3.05, 3.63) is 23.8 Å². The van der Waals surface area contributed by atoms with Gasteiger partial charge in [-0.05, 0) is 36.6 Å². The molecule has 1 N–H and O–H groups in total. The molecule has 2 aliphatic heterocycles. The number of benzene rings is 1. The Hall–Kier alpha value is -2.24. The van der Waals surface area contributed by atoms with Crippen LogP contribution in [-0.4, -0.2) is 50.6 Å². The second-order valence-corrected chi connectivity index (χ2v) is 6.23. The molecule has 1 spiro atoms. The van der Waals surface area contributed by atoms with Crippen LogP contribution < -0.4 is 15.0 Å². The number of carbonyl (C=O) groups is 2. The molecule has 3 rings (SSSR count). The molecule has 2 aliphatic rings. The van der Waals surface area contributed by atoms with Crippen molar-refractivity contribution in [2.45, 2.75) is 25.2 Å². The summed E-state index contributed by atoms with van der Waals surface area (Å²) in [5.74, 6) is 0.798. The van der Waals surface area contributed by atoms with Crippen LogP contribution in [0.15, 0.2) is 18.2 Å². The van der Waals surface area contributed by atoms with E-state index in [1.54, 1.807) is 24.0 Å². The van der Waals surface area contributed by atoms with E-state index >= 15 is 0 Å². The number of amides is 3. The number of nitrogens with one attached hydrogen (secondary N) is 1. The SMILES string of the molecule is CCCNC(=O)N1CCC2(C1)C(=O)N(C)c1ccc(OC)cc12. The lowest BCUT2D eigenvalue weighted by Crippen LogP contribution is -2.44. The first-order valence-corrected chi connectivity index (χ1v) is 8.03. The van der Waals surface area contributed by atoms with Crippen molar-refractivity contribution in [3.8, 4) is 5.75 Å². The zero-order valence-corrected chi connectivity index (χ0v) is 13.9. The molecule has 0 saturated carbocycles. The molecule has 1 unspecified atom stereocenters. The first kappa shape index (κ1) is 15.6. The summed E-state index contributed by atoms with van der Waals surface area (Å²) in [5.41, 5.74) is 1.24. The highest BCUT2D eigenvalue weighted by Gasteiger charge is 2.54. The van der Waals surface area contributed by atoms with E-state index in [9.17, 15) is 9.59 Å². The molecule has 23 heavy (non-hydrogen) atoms. The van der Waals surface area contributed by atoms with Crippen LogP contribution in [-0.2, 0) is 10.2 Å². The lowest BCUT2D eigenvalue weighted by molar-refractivity contribution is -0.122. The molecule has 1 fully saturated rings. The van der Waals surface area contributed by atoms with Gasteiger partial charge in [-0.15, -0.1) is 0 Å². The van der Waals surface area contributed by atoms with Crippen LogP contribution in [0.3, 0.4) is 0 Å². The molecule has 6 heteroatoms. The van der Waals surface area contributed by atoms with Gasteiger partial charge in [0.05, 0.1) is 12.5 Å². The zero-order chi connectivity index (χ0) is 16.6. The Kier molecular flexibility index (Phi) is 3.92. The van der Waals surface area contributed by atoms with E-state index < -0.39 is 5.41 Å².